The molecule has 1 heterocycles. The van der Waals surface area contributed by atoms with Gasteiger partial charge in [0, 0.05) is 0 Å². The summed E-state index contributed by atoms with van der Waals surface area (Å²) in [6.07, 6.45) is 0.487. The third kappa shape index (κ3) is 3.30. The summed E-state index contributed by atoms with van der Waals surface area (Å²) < 4.78 is 34.4. The van der Waals surface area contributed by atoms with Crippen LogP contribution in [0.25, 0.3) is 0 Å². The smallest absolute Gasteiger partial charge is 0.344 e. The van der Waals surface area contributed by atoms with E-state index in [2.05, 4.69) is 0 Å². The molecule has 0 radical (unpaired) electrons. The molecule has 0 saturated heterocycles. The van der Waals surface area contributed by atoms with E-state index in [0.29, 0.717) is 6.42 Å². The van der Waals surface area contributed by atoms with Gasteiger partial charge in [0.25, 0.3) is 0 Å². The van der Waals surface area contributed by atoms with Crippen molar-refractivity contribution in [2.75, 3.05) is 12.4 Å². The zero-order chi connectivity index (χ0) is 15.0. The molecule has 0 aliphatic carbocycles. The predicted molar refractivity (Wildman–Crippen MR) is 73.5 cm³/mol. The van der Waals surface area contributed by atoms with Gasteiger partial charge in [-0.05, 0) is 38.8 Å². The molecule has 0 aromatic heterocycles. The Kier molecular flexibility index (Phi) is 3.77. The number of hydrogen-bond donors (Lipinski definition) is 0. The van der Waals surface area contributed by atoms with Gasteiger partial charge in [0.1, 0.15) is 16.2 Å². The highest BCUT2D eigenvalue weighted by molar-refractivity contribution is 7.91. The highest BCUT2D eigenvalue weighted by atomic mass is 32.2. The Morgan fingerprint density at radius 1 is 1.30 bits per heavy atom. The number of hydrogen-bond acceptors (Lipinski definition) is 5. The molecule has 1 aliphatic rings. The largest absolute Gasteiger partial charge is 0.481 e. The Morgan fingerprint density at radius 3 is 2.65 bits per heavy atom. The third-order valence-electron chi connectivity index (χ3n) is 2.78. The molecule has 6 heteroatoms. The first kappa shape index (κ1) is 14.8. The summed E-state index contributed by atoms with van der Waals surface area (Å²) in [5.41, 5.74) is 0.150. The molecule has 0 atom stereocenters. The van der Waals surface area contributed by atoms with Gasteiger partial charge in [-0.3, -0.25) is 0 Å². The molecule has 20 heavy (non-hydrogen) atoms. The van der Waals surface area contributed by atoms with E-state index in [-0.39, 0.29) is 23.0 Å². The van der Waals surface area contributed by atoms with Crippen molar-refractivity contribution >= 4 is 15.8 Å². The first-order chi connectivity index (χ1) is 9.19. The van der Waals surface area contributed by atoms with Gasteiger partial charge in [0.05, 0.1) is 5.75 Å². The summed E-state index contributed by atoms with van der Waals surface area (Å²) in [5.74, 6) is -0.203. The molecule has 0 spiro atoms. The first-order valence-corrected chi connectivity index (χ1v) is 8.03. The van der Waals surface area contributed by atoms with E-state index in [4.69, 9.17) is 9.47 Å². The topological polar surface area (TPSA) is 69.7 Å². The van der Waals surface area contributed by atoms with Crippen LogP contribution in [0.4, 0.5) is 0 Å². The predicted octanol–water partition coefficient (Wildman–Crippen LogP) is 1.74. The Morgan fingerprint density at radius 2 is 2.00 bits per heavy atom. The van der Waals surface area contributed by atoms with Crippen LogP contribution in [-0.2, 0) is 25.8 Å². The second kappa shape index (κ2) is 5.09. The molecular weight excluding hydrogens is 280 g/mol. The second-order valence-corrected chi connectivity index (χ2v) is 7.73. The lowest BCUT2D eigenvalue weighted by molar-refractivity contribution is -0.157. The lowest BCUT2D eigenvalue weighted by Crippen LogP contribution is -2.27. The number of sulfone groups is 1. The van der Waals surface area contributed by atoms with Crippen LogP contribution in [0.5, 0.6) is 5.75 Å². The van der Waals surface area contributed by atoms with Crippen LogP contribution in [0.15, 0.2) is 23.1 Å². The maximum absolute atomic E-state index is 12.0. The van der Waals surface area contributed by atoms with E-state index in [9.17, 15) is 13.2 Å². The van der Waals surface area contributed by atoms with Crippen LogP contribution in [0.1, 0.15) is 26.3 Å². The summed E-state index contributed by atoms with van der Waals surface area (Å²) in [6.45, 7) is 4.98. The standard InChI is InChI=1S/C14H18O5S/c1-14(2,3)19-12(15)9-18-11-6-4-5-10-7-8-20(16,17)13(10)11/h4-6H,7-9H2,1-3H3. The van der Waals surface area contributed by atoms with Gasteiger partial charge in [-0.15, -0.1) is 0 Å². The molecule has 5 nitrogen and oxygen atoms in total. The van der Waals surface area contributed by atoms with Crippen LogP contribution < -0.4 is 4.74 Å². The molecular formula is C14H18O5S. The number of aryl methyl sites for hydroxylation is 1. The number of esters is 1. The van der Waals surface area contributed by atoms with E-state index < -0.39 is 21.4 Å². The average molecular weight is 298 g/mol. The fraction of sp³-hybridized carbons (Fsp3) is 0.500. The number of benzene rings is 1. The molecule has 0 bridgehead atoms. The summed E-state index contributed by atoms with van der Waals surface area (Å²) in [5, 5.41) is 0. The quantitative estimate of drug-likeness (QED) is 0.795. The zero-order valence-electron chi connectivity index (χ0n) is 11.8. The van der Waals surface area contributed by atoms with Crippen molar-refractivity contribution in [2.24, 2.45) is 0 Å². The van der Waals surface area contributed by atoms with Crippen molar-refractivity contribution in [3.8, 4) is 5.75 Å². The Labute approximate surface area is 118 Å². The molecule has 1 aromatic rings. The maximum Gasteiger partial charge on any atom is 0.344 e. The zero-order valence-corrected chi connectivity index (χ0v) is 12.6. The molecule has 0 N–H and O–H groups in total. The monoisotopic (exact) mass is 298 g/mol. The van der Waals surface area contributed by atoms with Crippen LogP contribution in [0.2, 0.25) is 0 Å². The van der Waals surface area contributed by atoms with Crippen LogP contribution in [0.3, 0.4) is 0 Å². The molecule has 0 saturated carbocycles. The van der Waals surface area contributed by atoms with E-state index in [1.807, 2.05) is 0 Å². The molecule has 0 unspecified atom stereocenters. The molecule has 110 valence electrons. The highest BCUT2D eigenvalue weighted by Gasteiger charge is 2.30. The third-order valence-corrected chi connectivity index (χ3v) is 4.60. The maximum atomic E-state index is 12.0. The summed E-state index contributed by atoms with van der Waals surface area (Å²) in [6, 6.07) is 5.05. The second-order valence-electron chi connectivity index (χ2n) is 5.69. The number of carbonyl (C=O) groups excluding carboxylic acids is 1. The van der Waals surface area contributed by atoms with E-state index in [0.717, 1.165) is 5.56 Å². The van der Waals surface area contributed by atoms with Gasteiger partial charge in [0.15, 0.2) is 16.4 Å². The summed E-state index contributed by atoms with van der Waals surface area (Å²) >= 11 is 0. The number of fused-ring (bicyclic) bond motifs is 1. The summed E-state index contributed by atoms with van der Waals surface area (Å²) in [7, 11) is -3.30. The molecule has 0 amide bonds. The van der Waals surface area contributed by atoms with Gasteiger partial charge in [-0.25, -0.2) is 13.2 Å². The van der Waals surface area contributed by atoms with Gasteiger partial charge < -0.3 is 9.47 Å². The Hall–Kier alpha value is -1.56. The van der Waals surface area contributed by atoms with Crippen LogP contribution >= 0.6 is 0 Å². The number of rotatable bonds is 3. The molecule has 1 aliphatic heterocycles. The van der Waals surface area contributed by atoms with Crippen LogP contribution in [-0.4, -0.2) is 32.3 Å². The van der Waals surface area contributed by atoms with Gasteiger partial charge >= 0.3 is 5.97 Å². The Bertz CT molecular complexity index is 625. The van der Waals surface area contributed by atoms with Gasteiger partial charge in [0.2, 0.25) is 0 Å². The molecule has 0 fully saturated rings. The van der Waals surface area contributed by atoms with Crippen molar-refractivity contribution in [3.63, 3.8) is 0 Å². The fourth-order valence-corrected chi connectivity index (χ4v) is 3.77. The number of ether oxygens (including phenoxy) is 2. The lowest BCUT2D eigenvalue weighted by atomic mass is 10.2. The first-order valence-electron chi connectivity index (χ1n) is 6.38. The molecule has 1 aromatic carbocycles. The van der Waals surface area contributed by atoms with Crippen molar-refractivity contribution in [1.82, 2.24) is 0 Å². The summed E-state index contributed by atoms with van der Waals surface area (Å²) in [4.78, 5) is 11.8. The highest BCUT2D eigenvalue weighted by Crippen LogP contribution is 2.34. The normalized spacial score (nSPS) is 16.6. The minimum absolute atomic E-state index is 0.0924. The van der Waals surface area contributed by atoms with Gasteiger partial charge in [-0.1, -0.05) is 12.1 Å². The SMILES string of the molecule is CC(C)(C)OC(=O)COc1cccc2c1S(=O)(=O)CC2. The average Bonchev–Trinajstić information content (AvgIpc) is 2.61. The van der Waals surface area contributed by atoms with Crippen molar-refractivity contribution in [3.05, 3.63) is 23.8 Å². The Balaban J connectivity index is 2.13. The van der Waals surface area contributed by atoms with E-state index in [1.54, 1.807) is 39.0 Å². The van der Waals surface area contributed by atoms with Crippen molar-refractivity contribution in [1.29, 1.82) is 0 Å². The van der Waals surface area contributed by atoms with E-state index in [1.165, 1.54) is 0 Å². The fourth-order valence-electron chi connectivity index (χ4n) is 2.08. The van der Waals surface area contributed by atoms with Crippen molar-refractivity contribution in [2.45, 2.75) is 37.7 Å². The lowest BCUT2D eigenvalue weighted by Gasteiger charge is -2.19. The number of carbonyl (C=O) groups is 1. The molecule has 2 rings (SSSR count). The van der Waals surface area contributed by atoms with Crippen LogP contribution in [0, 0.1) is 0 Å². The minimum atomic E-state index is -3.30. The van der Waals surface area contributed by atoms with Crippen molar-refractivity contribution < 1.29 is 22.7 Å². The minimum Gasteiger partial charge on any atom is -0.481 e. The van der Waals surface area contributed by atoms with E-state index >= 15 is 0 Å². The van der Waals surface area contributed by atoms with Gasteiger partial charge in [-0.2, -0.15) is 0 Å².